The van der Waals surface area contributed by atoms with E-state index in [1.807, 2.05) is 20.8 Å². The second kappa shape index (κ2) is 11.2. The number of hydrogen-bond acceptors (Lipinski definition) is 8. The molecule has 0 radical (unpaired) electrons. The van der Waals surface area contributed by atoms with Gasteiger partial charge in [-0.15, -0.1) is 0 Å². The van der Waals surface area contributed by atoms with E-state index >= 15 is 0 Å². The molecule has 0 spiro atoms. The molecule has 0 aliphatic rings. The molecule has 0 unspecified atom stereocenters. The van der Waals surface area contributed by atoms with E-state index in [1.54, 1.807) is 24.3 Å². The molecule has 0 heterocycles. The Morgan fingerprint density at radius 1 is 1.06 bits per heavy atom. The Bertz CT molecular complexity index is 1030. The molecular formula is C23H28N2O9. The first-order valence-electron chi connectivity index (χ1n) is 10.3. The molecule has 0 saturated carbocycles. The number of carboxylic acids is 1. The Hall–Kier alpha value is -4.02. The second-order valence-corrected chi connectivity index (χ2v) is 8.24. The first-order valence-corrected chi connectivity index (χ1v) is 10.3. The number of benzene rings is 2. The first kappa shape index (κ1) is 26.2. The maximum Gasteiger partial charge on any atom is 0.408 e. The van der Waals surface area contributed by atoms with Crippen LogP contribution in [0, 0.1) is 10.1 Å². The molecule has 0 bridgehead atoms. The van der Waals surface area contributed by atoms with Gasteiger partial charge in [0.1, 0.15) is 24.0 Å². The van der Waals surface area contributed by atoms with Crippen LogP contribution in [0.4, 0.5) is 10.5 Å². The van der Waals surface area contributed by atoms with Gasteiger partial charge in [0.25, 0.3) is 0 Å². The highest BCUT2D eigenvalue weighted by molar-refractivity contribution is 5.80. The van der Waals surface area contributed by atoms with Gasteiger partial charge >= 0.3 is 17.7 Å². The van der Waals surface area contributed by atoms with Crippen molar-refractivity contribution in [3.8, 4) is 17.2 Å². The van der Waals surface area contributed by atoms with Crippen molar-refractivity contribution in [2.75, 3.05) is 14.2 Å². The van der Waals surface area contributed by atoms with Crippen molar-refractivity contribution in [1.82, 2.24) is 5.32 Å². The zero-order valence-electron chi connectivity index (χ0n) is 19.6. The number of ether oxygens (including phenoxy) is 4. The van der Waals surface area contributed by atoms with Crippen LogP contribution in [0.15, 0.2) is 36.4 Å². The number of rotatable bonds is 10. The maximum absolute atomic E-state index is 12.3. The highest BCUT2D eigenvalue weighted by Crippen LogP contribution is 2.39. The van der Waals surface area contributed by atoms with E-state index in [-0.39, 0.29) is 35.8 Å². The summed E-state index contributed by atoms with van der Waals surface area (Å²) in [5.74, 6) is -0.669. The number of nitro groups is 1. The predicted octanol–water partition coefficient (Wildman–Crippen LogP) is 3.71. The summed E-state index contributed by atoms with van der Waals surface area (Å²) in [6.45, 7) is 5.42. The third-order valence-electron chi connectivity index (χ3n) is 4.51. The number of amides is 1. The maximum atomic E-state index is 12.3. The summed E-state index contributed by atoms with van der Waals surface area (Å²) in [4.78, 5) is 34.4. The lowest BCUT2D eigenvalue weighted by atomic mass is 10.1. The van der Waals surface area contributed by atoms with Gasteiger partial charge in [-0.25, -0.2) is 9.59 Å². The molecule has 2 aromatic carbocycles. The lowest BCUT2D eigenvalue weighted by Crippen LogP contribution is -2.42. The first-order chi connectivity index (χ1) is 15.9. The van der Waals surface area contributed by atoms with Crippen LogP contribution in [0.2, 0.25) is 0 Å². The Labute approximate surface area is 196 Å². The fraction of sp³-hybridized carbons (Fsp3) is 0.391. The fourth-order valence-corrected chi connectivity index (χ4v) is 3.08. The molecule has 2 rings (SSSR count). The lowest BCUT2D eigenvalue weighted by molar-refractivity contribution is -0.385. The van der Waals surface area contributed by atoms with E-state index in [1.165, 1.54) is 26.4 Å². The Kier molecular flexibility index (Phi) is 8.65. The number of methoxy groups -OCH3 is 2. The van der Waals surface area contributed by atoms with Crippen molar-refractivity contribution in [1.29, 1.82) is 0 Å². The predicted molar refractivity (Wildman–Crippen MR) is 121 cm³/mol. The minimum Gasteiger partial charge on any atom is -0.492 e. The Morgan fingerprint density at radius 3 is 2.18 bits per heavy atom. The van der Waals surface area contributed by atoms with Crippen molar-refractivity contribution in [3.05, 3.63) is 57.6 Å². The third-order valence-corrected chi connectivity index (χ3v) is 4.51. The number of carbonyl (C=O) groups excluding carboxylic acids is 1. The molecule has 0 aliphatic heterocycles. The summed E-state index contributed by atoms with van der Waals surface area (Å²) in [6.07, 6.45) is -0.950. The minimum absolute atomic E-state index is 0.0227. The van der Waals surface area contributed by atoms with Crippen molar-refractivity contribution in [2.24, 2.45) is 0 Å². The fourth-order valence-electron chi connectivity index (χ4n) is 3.08. The molecule has 0 aliphatic carbocycles. The summed E-state index contributed by atoms with van der Waals surface area (Å²) in [5, 5.41) is 23.0. The molecule has 0 fully saturated rings. The number of carboxylic acid groups (broad SMARTS) is 1. The SMILES string of the molecule is COc1c(COC(=O)N[C@@H](Cc2ccc(OC(C)(C)C)cc2)C(=O)O)ccc([N+](=O)[O-])c1OC. The van der Waals surface area contributed by atoms with Gasteiger partial charge in [0, 0.05) is 18.1 Å². The van der Waals surface area contributed by atoms with Crippen LogP contribution in [0.25, 0.3) is 0 Å². The number of nitrogens with zero attached hydrogens (tertiary/aromatic N) is 1. The summed E-state index contributed by atoms with van der Waals surface area (Å²) in [6, 6.07) is 8.22. The molecule has 0 aromatic heterocycles. The van der Waals surface area contributed by atoms with Gasteiger partial charge in [0.2, 0.25) is 5.75 Å². The standard InChI is InChI=1S/C23H28N2O9/c1-23(2,3)34-16-9-6-14(7-10-16)12-17(21(26)27)24-22(28)33-13-15-8-11-18(25(29)30)20(32-5)19(15)31-4/h6-11,17H,12-13H2,1-5H3,(H,24,28)(H,26,27)/t17-/m0/s1. The van der Waals surface area contributed by atoms with Gasteiger partial charge in [-0.3, -0.25) is 10.1 Å². The molecule has 184 valence electrons. The molecule has 11 nitrogen and oxygen atoms in total. The number of aliphatic carboxylic acids is 1. The van der Waals surface area contributed by atoms with Crippen LogP contribution in [0.3, 0.4) is 0 Å². The van der Waals surface area contributed by atoms with E-state index in [4.69, 9.17) is 18.9 Å². The van der Waals surface area contributed by atoms with E-state index < -0.39 is 23.0 Å². The van der Waals surface area contributed by atoms with Crippen LogP contribution in [0.1, 0.15) is 31.9 Å². The molecule has 2 N–H and O–H groups in total. The van der Waals surface area contributed by atoms with Gasteiger partial charge < -0.3 is 29.4 Å². The zero-order chi connectivity index (χ0) is 25.5. The number of nitro benzene ring substituents is 1. The average Bonchev–Trinajstić information content (AvgIpc) is 2.76. The third kappa shape index (κ3) is 7.26. The molecule has 2 aromatic rings. The smallest absolute Gasteiger partial charge is 0.408 e. The zero-order valence-corrected chi connectivity index (χ0v) is 19.6. The number of hydrogen-bond donors (Lipinski definition) is 2. The molecule has 1 amide bonds. The van der Waals surface area contributed by atoms with Crippen LogP contribution in [0.5, 0.6) is 17.2 Å². The van der Waals surface area contributed by atoms with Crippen molar-refractivity contribution in [2.45, 2.75) is 45.4 Å². The topological polar surface area (TPSA) is 146 Å². The minimum atomic E-state index is -1.24. The second-order valence-electron chi connectivity index (χ2n) is 8.24. The van der Waals surface area contributed by atoms with E-state index in [9.17, 15) is 24.8 Å². The quantitative estimate of drug-likeness (QED) is 0.387. The average molecular weight is 476 g/mol. The lowest BCUT2D eigenvalue weighted by Gasteiger charge is -2.21. The Morgan fingerprint density at radius 2 is 1.68 bits per heavy atom. The van der Waals surface area contributed by atoms with E-state index in [0.717, 1.165) is 0 Å². The summed E-state index contributed by atoms with van der Waals surface area (Å²) in [5.41, 5.74) is 0.307. The van der Waals surface area contributed by atoms with Crippen LogP contribution in [-0.4, -0.2) is 48.0 Å². The van der Waals surface area contributed by atoms with Crippen molar-refractivity contribution >= 4 is 17.7 Å². The summed E-state index contributed by atoms with van der Waals surface area (Å²) in [7, 11) is 2.55. The molecule has 0 saturated heterocycles. The number of alkyl carbamates (subject to hydrolysis) is 1. The van der Waals surface area contributed by atoms with Crippen LogP contribution in [-0.2, 0) is 22.6 Å². The van der Waals surface area contributed by atoms with Gasteiger partial charge in [-0.1, -0.05) is 12.1 Å². The number of carbonyl (C=O) groups is 2. The summed E-state index contributed by atoms with van der Waals surface area (Å²) >= 11 is 0. The van der Waals surface area contributed by atoms with Crippen LogP contribution >= 0.6 is 0 Å². The Balaban J connectivity index is 2.05. The van der Waals surface area contributed by atoms with E-state index in [0.29, 0.717) is 16.9 Å². The van der Waals surface area contributed by atoms with Crippen molar-refractivity contribution < 1.29 is 38.6 Å². The van der Waals surface area contributed by atoms with Crippen LogP contribution < -0.4 is 19.5 Å². The van der Waals surface area contributed by atoms with Gasteiger partial charge in [0.15, 0.2) is 5.75 Å². The van der Waals surface area contributed by atoms with Gasteiger partial charge in [0.05, 0.1) is 19.1 Å². The largest absolute Gasteiger partial charge is 0.492 e. The normalized spacial score (nSPS) is 11.8. The molecule has 11 heteroatoms. The highest BCUT2D eigenvalue weighted by atomic mass is 16.6. The van der Waals surface area contributed by atoms with Crippen molar-refractivity contribution in [3.63, 3.8) is 0 Å². The summed E-state index contributed by atoms with van der Waals surface area (Å²) < 4.78 is 21.1. The van der Waals surface area contributed by atoms with Gasteiger partial charge in [-0.05, 0) is 44.5 Å². The molecular weight excluding hydrogens is 448 g/mol. The highest BCUT2D eigenvalue weighted by Gasteiger charge is 2.25. The molecule has 34 heavy (non-hydrogen) atoms. The molecule has 1 atom stereocenters. The monoisotopic (exact) mass is 476 g/mol. The van der Waals surface area contributed by atoms with E-state index in [2.05, 4.69) is 5.32 Å². The number of nitrogens with one attached hydrogen (secondary N) is 1. The van der Waals surface area contributed by atoms with Gasteiger partial charge in [-0.2, -0.15) is 0 Å².